The zero-order chi connectivity index (χ0) is 14.3. The smallest absolute Gasteiger partial charge is 0.261 e. The largest absolute Gasteiger partial charge is 0.431 e. The molecule has 8 heteroatoms. The Kier molecular flexibility index (Phi) is 3.09. The molecular weight excluding hydrogens is 296 g/mol. The molecular formula is C12H4F4N2OS. The lowest BCUT2D eigenvalue weighted by molar-refractivity contribution is 0.382. The standard InChI is InChI=1S/C12H4F4N2OS/c13-7-9(8(14)11(16)18-10(7)15)20-12-17-5-3-1-2-4-6(5)19-12/h1-4H. The predicted octanol–water partition coefficient (Wildman–Crippen LogP) is 3.93. The SMILES string of the molecule is Fc1nc(F)c(F)c(Sc2nc3ccccc3o2)c1F. The summed E-state index contributed by atoms with van der Waals surface area (Å²) in [5, 5.41) is -0.131. The van der Waals surface area contributed by atoms with Crippen molar-refractivity contribution in [3.63, 3.8) is 0 Å². The first-order chi connectivity index (χ1) is 9.56. The van der Waals surface area contributed by atoms with E-state index in [1.807, 2.05) is 0 Å². The molecule has 0 radical (unpaired) electrons. The van der Waals surface area contributed by atoms with Crippen molar-refractivity contribution >= 4 is 22.9 Å². The molecule has 0 saturated carbocycles. The van der Waals surface area contributed by atoms with Crippen LogP contribution in [0.15, 0.2) is 38.8 Å². The van der Waals surface area contributed by atoms with E-state index in [1.54, 1.807) is 24.3 Å². The normalized spacial score (nSPS) is 11.2. The number of pyridine rings is 1. The summed E-state index contributed by atoms with van der Waals surface area (Å²) in [6.45, 7) is 0. The summed E-state index contributed by atoms with van der Waals surface area (Å²) in [7, 11) is 0. The maximum atomic E-state index is 13.4. The van der Waals surface area contributed by atoms with Crippen molar-refractivity contribution in [2.45, 2.75) is 10.1 Å². The second-order valence-corrected chi connectivity index (χ2v) is 4.66. The highest BCUT2D eigenvalue weighted by Crippen LogP contribution is 2.34. The molecule has 3 aromatic rings. The molecule has 0 spiro atoms. The van der Waals surface area contributed by atoms with Crippen LogP contribution in [0.3, 0.4) is 0 Å². The number of hydrogen-bond donors (Lipinski definition) is 0. The molecule has 102 valence electrons. The van der Waals surface area contributed by atoms with Crippen molar-refractivity contribution in [2.75, 3.05) is 0 Å². The zero-order valence-electron chi connectivity index (χ0n) is 9.53. The van der Waals surface area contributed by atoms with Crippen LogP contribution in [-0.2, 0) is 0 Å². The number of hydrogen-bond acceptors (Lipinski definition) is 4. The van der Waals surface area contributed by atoms with Gasteiger partial charge in [0.1, 0.15) is 5.52 Å². The summed E-state index contributed by atoms with van der Waals surface area (Å²) in [6.07, 6.45) is 0. The number of oxazole rings is 1. The topological polar surface area (TPSA) is 38.9 Å². The maximum absolute atomic E-state index is 13.4. The number of benzene rings is 1. The van der Waals surface area contributed by atoms with Crippen molar-refractivity contribution in [1.29, 1.82) is 0 Å². The Morgan fingerprint density at radius 3 is 2.20 bits per heavy atom. The highest BCUT2D eigenvalue weighted by atomic mass is 32.2. The molecule has 0 aliphatic rings. The van der Waals surface area contributed by atoms with Crippen LogP contribution >= 0.6 is 11.8 Å². The molecule has 0 unspecified atom stereocenters. The first kappa shape index (κ1) is 12.9. The number of halogens is 4. The second-order valence-electron chi connectivity index (χ2n) is 3.70. The summed E-state index contributed by atoms with van der Waals surface area (Å²) < 4.78 is 58.1. The van der Waals surface area contributed by atoms with Crippen molar-refractivity contribution in [2.24, 2.45) is 0 Å². The average Bonchev–Trinajstić information content (AvgIpc) is 2.84. The Balaban J connectivity index is 2.07. The lowest BCUT2D eigenvalue weighted by atomic mass is 10.3. The van der Waals surface area contributed by atoms with Gasteiger partial charge in [0.05, 0.1) is 4.90 Å². The monoisotopic (exact) mass is 300 g/mol. The van der Waals surface area contributed by atoms with Crippen molar-refractivity contribution < 1.29 is 22.0 Å². The van der Waals surface area contributed by atoms with E-state index in [0.717, 1.165) is 0 Å². The maximum Gasteiger partial charge on any atom is 0.261 e. The van der Waals surface area contributed by atoms with E-state index in [9.17, 15) is 17.6 Å². The predicted molar refractivity (Wildman–Crippen MR) is 62.2 cm³/mol. The summed E-state index contributed by atoms with van der Waals surface area (Å²) in [4.78, 5) is 5.53. The fraction of sp³-hybridized carbons (Fsp3) is 0. The van der Waals surface area contributed by atoms with E-state index >= 15 is 0 Å². The Morgan fingerprint density at radius 2 is 1.55 bits per heavy atom. The second kappa shape index (κ2) is 4.78. The lowest BCUT2D eigenvalue weighted by Crippen LogP contribution is -2.01. The molecule has 0 fully saturated rings. The molecule has 2 aromatic heterocycles. The van der Waals surface area contributed by atoms with E-state index < -0.39 is 28.4 Å². The molecule has 1 aromatic carbocycles. The van der Waals surface area contributed by atoms with Gasteiger partial charge in [-0.1, -0.05) is 12.1 Å². The highest BCUT2D eigenvalue weighted by Gasteiger charge is 2.23. The fourth-order valence-electron chi connectivity index (χ4n) is 1.54. The summed E-state index contributed by atoms with van der Waals surface area (Å²) >= 11 is 0.347. The highest BCUT2D eigenvalue weighted by molar-refractivity contribution is 7.99. The van der Waals surface area contributed by atoms with Crippen molar-refractivity contribution in [3.8, 4) is 0 Å². The molecule has 0 bridgehead atoms. The van der Waals surface area contributed by atoms with Gasteiger partial charge in [0, 0.05) is 0 Å². The molecule has 0 aliphatic heterocycles. The first-order valence-electron chi connectivity index (χ1n) is 5.29. The third kappa shape index (κ3) is 2.11. The Morgan fingerprint density at radius 1 is 0.900 bits per heavy atom. The van der Waals surface area contributed by atoms with Gasteiger partial charge in [-0.3, -0.25) is 0 Å². The van der Waals surface area contributed by atoms with Crippen LogP contribution < -0.4 is 0 Å². The molecule has 0 saturated heterocycles. The molecule has 3 rings (SSSR count). The van der Waals surface area contributed by atoms with Gasteiger partial charge < -0.3 is 4.42 Å². The van der Waals surface area contributed by atoms with Gasteiger partial charge in [-0.15, -0.1) is 0 Å². The van der Waals surface area contributed by atoms with E-state index in [2.05, 4.69) is 9.97 Å². The number of nitrogens with zero attached hydrogens (tertiary/aromatic N) is 2. The van der Waals surface area contributed by atoms with Crippen LogP contribution in [-0.4, -0.2) is 9.97 Å². The number of para-hydroxylation sites is 2. The van der Waals surface area contributed by atoms with Crippen LogP contribution in [0.1, 0.15) is 0 Å². The number of fused-ring (bicyclic) bond motifs is 1. The summed E-state index contributed by atoms with van der Waals surface area (Å²) in [6, 6.07) is 6.62. The third-order valence-corrected chi connectivity index (χ3v) is 3.33. The molecule has 2 heterocycles. The fourth-order valence-corrected chi connectivity index (χ4v) is 2.34. The third-order valence-electron chi connectivity index (χ3n) is 2.42. The minimum atomic E-state index is -1.72. The van der Waals surface area contributed by atoms with Gasteiger partial charge in [0.2, 0.25) is 0 Å². The van der Waals surface area contributed by atoms with Crippen LogP contribution in [0.2, 0.25) is 0 Å². The van der Waals surface area contributed by atoms with Gasteiger partial charge in [-0.2, -0.15) is 13.8 Å². The number of rotatable bonds is 2. The van der Waals surface area contributed by atoms with Crippen LogP contribution in [0, 0.1) is 23.5 Å². The van der Waals surface area contributed by atoms with Gasteiger partial charge in [0.25, 0.3) is 17.1 Å². The van der Waals surface area contributed by atoms with Gasteiger partial charge >= 0.3 is 0 Å². The van der Waals surface area contributed by atoms with Crippen molar-refractivity contribution in [3.05, 3.63) is 47.8 Å². The summed E-state index contributed by atoms with van der Waals surface area (Å²) in [5.74, 6) is -6.61. The first-order valence-corrected chi connectivity index (χ1v) is 6.11. The minimum Gasteiger partial charge on any atom is -0.431 e. The Hall–Kier alpha value is -2.09. The van der Waals surface area contributed by atoms with Gasteiger partial charge in [0.15, 0.2) is 17.2 Å². The lowest BCUT2D eigenvalue weighted by Gasteiger charge is -2.02. The molecule has 3 nitrogen and oxygen atoms in total. The van der Waals surface area contributed by atoms with E-state index in [1.165, 1.54) is 0 Å². The van der Waals surface area contributed by atoms with Crippen molar-refractivity contribution in [1.82, 2.24) is 9.97 Å². The minimum absolute atomic E-state index is 0.131. The molecule has 0 N–H and O–H groups in total. The van der Waals surface area contributed by atoms with Crippen LogP contribution in [0.25, 0.3) is 11.1 Å². The number of aromatic nitrogens is 2. The van der Waals surface area contributed by atoms with Gasteiger partial charge in [-0.05, 0) is 23.9 Å². The summed E-state index contributed by atoms with van der Waals surface area (Å²) in [5.41, 5.74) is 0.858. The Bertz CT molecular complexity index is 746. The van der Waals surface area contributed by atoms with E-state index in [0.29, 0.717) is 22.9 Å². The van der Waals surface area contributed by atoms with Crippen LogP contribution in [0.4, 0.5) is 17.6 Å². The van der Waals surface area contributed by atoms with Gasteiger partial charge in [-0.25, -0.2) is 13.8 Å². The molecule has 0 aliphatic carbocycles. The average molecular weight is 300 g/mol. The molecule has 0 atom stereocenters. The van der Waals surface area contributed by atoms with E-state index in [4.69, 9.17) is 4.42 Å². The molecule has 0 amide bonds. The Labute approximate surface area is 113 Å². The zero-order valence-corrected chi connectivity index (χ0v) is 10.3. The molecule has 20 heavy (non-hydrogen) atoms. The quantitative estimate of drug-likeness (QED) is 0.531. The van der Waals surface area contributed by atoms with E-state index in [-0.39, 0.29) is 5.22 Å². The van der Waals surface area contributed by atoms with Crippen LogP contribution in [0.5, 0.6) is 0 Å².